The van der Waals surface area contributed by atoms with Crippen LogP contribution in [0.3, 0.4) is 0 Å². The molecule has 39 heavy (non-hydrogen) atoms. The van der Waals surface area contributed by atoms with Crippen LogP contribution in [0.25, 0.3) is 16.8 Å². The Morgan fingerprint density at radius 3 is 2.54 bits per heavy atom. The number of aromatic nitrogens is 7. The molecule has 1 amide bonds. The fraction of sp³-hybridized carbons (Fsp3) is 0.500. The second-order valence-corrected chi connectivity index (χ2v) is 11.6. The summed E-state index contributed by atoms with van der Waals surface area (Å²) in [5, 5.41) is 16.0. The standard InChI is InChI=1S/C28H32N10O/c29-25-23(15-3-4-15)24(17-10-18-6-7-19(11-17)37(18)28(39)26-32-14-33-36-26)35-27-20(13-34-38(25)27)16-5-8-22(31-12-16)21-2-1-9-30-21/h5,8,12-15,17-19,21,30H,1-4,6-7,9-11,29H2,(H,32,33,36)/t17-,18+,19-,21?. The van der Waals surface area contributed by atoms with Crippen molar-refractivity contribution in [2.24, 2.45) is 0 Å². The molecule has 3 saturated heterocycles. The molecule has 0 spiro atoms. The molecule has 1 unspecified atom stereocenters. The van der Waals surface area contributed by atoms with E-state index in [1.54, 1.807) is 0 Å². The number of fused-ring (bicyclic) bond motifs is 3. The number of H-pyrrole nitrogens is 1. The Labute approximate surface area is 225 Å². The number of carbonyl (C=O) groups excluding carboxylic acids is 1. The Bertz CT molecular complexity index is 1520. The van der Waals surface area contributed by atoms with Gasteiger partial charge in [-0.3, -0.25) is 9.78 Å². The number of nitrogens with one attached hydrogen (secondary N) is 2. The highest BCUT2D eigenvalue weighted by Crippen LogP contribution is 2.50. The molecule has 4 atom stereocenters. The molecular weight excluding hydrogens is 492 g/mol. The van der Waals surface area contributed by atoms with Crippen molar-refractivity contribution in [1.82, 2.24) is 45.0 Å². The van der Waals surface area contributed by atoms with Crippen molar-refractivity contribution in [2.75, 3.05) is 12.3 Å². The summed E-state index contributed by atoms with van der Waals surface area (Å²) in [5.41, 5.74) is 12.9. The Hall–Kier alpha value is -3.86. The molecule has 4 aromatic heterocycles. The van der Waals surface area contributed by atoms with Gasteiger partial charge < -0.3 is 20.9 Å². The van der Waals surface area contributed by atoms with E-state index in [9.17, 15) is 4.79 Å². The first-order valence-corrected chi connectivity index (χ1v) is 14.2. The van der Waals surface area contributed by atoms with Crippen LogP contribution in [0.1, 0.15) is 96.8 Å². The molecule has 1 aliphatic carbocycles. The van der Waals surface area contributed by atoms with Gasteiger partial charge in [-0.15, -0.1) is 10.2 Å². The predicted octanol–water partition coefficient (Wildman–Crippen LogP) is 3.34. The van der Waals surface area contributed by atoms with Gasteiger partial charge in [0.15, 0.2) is 5.65 Å². The number of anilines is 1. The lowest BCUT2D eigenvalue weighted by Gasteiger charge is -2.39. The fourth-order valence-electron chi connectivity index (χ4n) is 7.22. The van der Waals surface area contributed by atoms with E-state index in [4.69, 9.17) is 15.7 Å². The number of hydrogen-bond donors (Lipinski definition) is 3. The molecule has 11 heteroatoms. The van der Waals surface area contributed by atoms with E-state index >= 15 is 0 Å². The minimum Gasteiger partial charge on any atom is -0.383 e. The van der Waals surface area contributed by atoms with Gasteiger partial charge in [-0.25, -0.2) is 4.98 Å². The summed E-state index contributed by atoms with van der Waals surface area (Å²) < 4.78 is 1.82. The molecule has 0 radical (unpaired) electrons. The van der Waals surface area contributed by atoms with Crippen LogP contribution in [-0.2, 0) is 0 Å². The minimum absolute atomic E-state index is 0.0504. The second kappa shape index (κ2) is 8.84. The maximum atomic E-state index is 13.2. The summed E-state index contributed by atoms with van der Waals surface area (Å²) in [5.74, 6) is 1.67. The van der Waals surface area contributed by atoms with Gasteiger partial charge in [-0.05, 0) is 69.9 Å². The number of nitrogens with zero attached hydrogens (tertiary/aromatic N) is 7. The summed E-state index contributed by atoms with van der Waals surface area (Å²) in [4.78, 5) is 28.2. The van der Waals surface area contributed by atoms with Crippen molar-refractivity contribution in [1.29, 1.82) is 0 Å². The lowest BCUT2D eigenvalue weighted by Crippen LogP contribution is -2.46. The largest absolute Gasteiger partial charge is 0.383 e. The minimum atomic E-state index is -0.0504. The van der Waals surface area contributed by atoms with Crippen molar-refractivity contribution >= 4 is 17.4 Å². The number of piperidine rings is 1. The fourth-order valence-corrected chi connectivity index (χ4v) is 7.22. The van der Waals surface area contributed by atoms with Crippen molar-refractivity contribution < 1.29 is 4.79 Å². The number of rotatable bonds is 5. The van der Waals surface area contributed by atoms with Gasteiger partial charge in [0, 0.05) is 46.9 Å². The molecule has 8 rings (SSSR count). The van der Waals surface area contributed by atoms with Crippen LogP contribution in [0.5, 0.6) is 0 Å². The maximum absolute atomic E-state index is 13.2. The first kappa shape index (κ1) is 23.1. The monoisotopic (exact) mass is 524 g/mol. The van der Waals surface area contributed by atoms with Crippen LogP contribution in [0, 0.1) is 0 Å². The number of nitrogens with two attached hydrogens (primary N) is 1. The van der Waals surface area contributed by atoms with E-state index in [0.29, 0.717) is 23.6 Å². The van der Waals surface area contributed by atoms with Gasteiger partial charge in [0.2, 0.25) is 5.82 Å². The Morgan fingerprint density at radius 2 is 1.87 bits per heavy atom. The highest BCUT2D eigenvalue weighted by molar-refractivity contribution is 5.91. The predicted molar refractivity (Wildman–Crippen MR) is 144 cm³/mol. The Balaban J connectivity index is 1.15. The third-order valence-corrected chi connectivity index (χ3v) is 9.22. The summed E-state index contributed by atoms with van der Waals surface area (Å²) in [6.45, 7) is 1.05. The van der Waals surface area contributed by atoms with Gasteiger partial charge in [0.25, 0.3) is 5.91 Å². The average Bonchev–Trinajstić information content (AvgIpc) is 3.37. The van der Waals surface area contributed by atoms with Crippen molar-refractivity contribution in [3.63, 3.8) is 0 Å². The van der Waals surface area contributed by atoms with Gasteiger partial charge in [0.05, 0.1) is 17.6 Å². The van der Waals surface area contributed by atoms with E-state index in [0.717, 1.165) is 85.2 Å². The lowest BCUT2D eigenvalue weighted by atomic mass is 9.85. The van der Waals surface area contributed by atoms with Crippen LogP contribution in [0.15, 0.2) is 30.9 Å². The first-order chi connectivity index (χ1) is 19.2. The second-order valence-electron chi connectivity index (χ2n) is 11.6. The van der Waals surface area contributed by atoms with Crippen LogP contribution in [0.4, 0.5) is 5.82 Å². The summed E-state index contributed by atoms with van der Waals surface area (Å²) in [7, 11) is 0. The highest BCUT2D eigenvalue weighted by atomic mass is 16.2. The number of aromatic amines is 1. The van der Waals surface area contributed by atoms with Crippen molar-refractivity contribution in [3.05, 3.63) is 53.6 Å². The summed E-state index contributed by atoms with van der Waals surface area (Å²) in [6.07, 6.45) is 13.6. The van der Waals surface area contributed by atoms with E-state index in [-0.39, 0.29) is 23.9 Å². The third kappa shape index (κ3) is 3.74. The summed E-state index contributed by atoms with van der Waals surface area (Å²) in [6, 6.07) is 4.91. The number of amides is 1. The van der Waals surface area contributed by atoms with Crippen molar-refractivity contribution in [3.8, 4) is 11.1 Å². The quantitative estimate of drug-likeness (QED) is 0.361. The molecule has 200 valence electrons. The lowest BCUT2D eigenvalue weighted by molar-refractivity contribution is 0.0557. The summed E-state index contributed by atoms with van der Waals surface area (Å²) >= 11 is 0. The SMILES string of the molecule is Nc1c(C2CC2)c([C@H]2C[C@H]3CC[C@@H](C2)N3C(=O)c2nnc[nH]2)nc2c(-c3ccc(C4CCCN4)nc3)cnn12. The molecule has 11 nitrogen and oxygen atoms in total. The molecular formula is C28H32N10O. The molecule has 4 N–H and O–H groups in total. The van der Waals surface area contributed by atoms with E-state index < -0.39 is 0 Å². The molecule has 1 saturated carbocycles. The molecule has 0 aromatic carbocycles. The van der Waals surface area contributed by atoms with E-state index in [1.165, 1.54) is 12.7 Å². The molecule has 2 bridgehead atoms. The normalized spacial score (nSPS) is 26.5. The molecule has 4 aromatic rings. The van der Waals surface area contributed by atoms with Crippen LogP contribution in [-0.4, -0.2) is 64.2 Å². The Morgan fingerprint density at radius 1 is 1.03 bits per heavy atom. The smallest absolute Gasteiger partial charge is 0.292 e. The van der Waals surface area contributed by atoms with E-state index in [2.05, 4.69) is 37.7 Å². The van der Waals surface area contributed by atoms with Crippen LogP contribution < -0.4 is 11.1 Å². The number of nitrogen functional groups attached to an aromatic ring is 1. The van der Waals surface area contributed by atoms with Gasteiger partial charge in [0.1, 0.15) is 12.1 Å². The van der Waals surface area contributed by atoms with Crippen LogP contribution in [0.2, 0.25) is 0 Å². The highest BCUT2D eigenvalue weighted by Gasteiger charge is 2.46. The molecule has 4 aliphatic rings. The zero-order chi connectivity index (χ0) is 26.1. The number of pyridine rings is 1. The average molecular weight is 525 g/mol. The molecule has 3 aliphatic heterocycles. The zero-order valence-corrected chi connectivity index (χ0v) is 21.8. The molecule has 7 heterocycles. The Kier molecular flexibility index (Phi) is 5.23. The topological polar surface area (TPSA) is 143 Å². The van der Waals surface area contributed by atoms with Crippen LogP contribution >= 0.6 is 0 Å². The number of carbonyl (C=O) groups is 1. The van der Waals surface area contributed by atoms with Gasteiger partial charge in [-0.2, -0.15) is 9.61 Å². The maximum Gasteiger partial charge on any atom is 0.292 e. The van der Waals surface area contributed by atoms with Gasteiger partial charge in [-0.1, -0.05) is 6.07 Å². The zero-order valence-electron chi connectivity index (χ0n) is 21.8. The van der Waals surface area contributed by atoms with Crippen molar-refractivity contribution in [2.45, 2.75) is 81.3 Å². The van der Waals surface area contributed by atoms with Gasteiger partial charge >= 0.3 is 0 Å². The third-order valence-electron chi connectivity index (χ3n) is 9.22. The van der Waals surface area contributed by atoms with E-state index in [1.807, 2.05) is 21.8 Å². The number of hydrogen-bond acceptors (Lipinski definition) is 8. The molecule has 4 fully saturated rings. The first-order valence-electron chi connectivity index (χ1n) is 14.2.